The Hall–Kier alpha value is -3.11. The molecule has 0 spiro atoms. The third-order valence-corrected chi connectivity index (χ3v) is 5.59. The van der Waals surface area contributed by atoms with E-state index in [4.69, 9.17) is 21.3 Å². The van der Waals surface area contributed by atoms with Crippen LogP contribution in [0.1, 0.15) is 16.8 Å². The number of aryl methyl sites for hydroxylation is 1. The number of fused-ring (bicyclic) bond motifs is 2. The maximum Gasteiger partial charge on any atom is 0.138 e. The fraction of sp³-hybridized carbons (Fsp3) is 0.130. The lowest BCUT2D eigenvalue weighted by Gasteiger charge is -2.11. The largest absolute Gasteiger partial charge is 0.495 e. The molecule has 0 fully saturated rings. The van der Waals surface area contributed by atoms with Gasteiger partial charge in [0.1, 0.15) is 5.75 Å². The summed E-state index contributed by atoms with van der Waals surface area (Å²) in [6, 6.07) is 14.4. The van der Waals surface area contributed by atoms with Crippen LogP contribution in [0.2, 0.25) is 5.02 Å². The van der Waals surface area contributed by atoms with Gasteiger partial charge in [0.25, 0.3) is 0 Å². The molecule has 0 saturated carbocycles. The van der Waals surface area contributed by atoms with Crippen molar-refractivity contribution in [3.05, 3.63) is 82.9 Å². The summed E-state index contributed by atoms with van der Waals surface area (Å²) in [6.07, 6.45) is 6.86. The van der Waals surface area contributed by atoms with Crippen LogP contribution < -0.4 is 4.74 Å². The molecule has 2 aromatic heterocycles. The van der Waals surface area contributed by atoms with E-state index in [-0.39, 0.29) is 0 Å². The second-order valence-corrected chi connectivity index (χ2v) is 7.36. The van der Waals surface area contributed by atoms with Gasteiger partial charge in [-0.05, 0) is 47.0 Å². The first-order valence-corrected chi connectivity index (χ1v) is 9.46. The monoisotopic (exact) mass is 387 g/mol. The predicted octanol–water partition coefficient (Wildman–Crippen LogP) is 5.29. The highest BCUT2D eigenvalue weighted by Gasteiger charge is 2.19. The lowest BCUT2D eigenvalue weighted by molar-refractivity contribution is 0.415. The molecule has 28 heavy (non-hydrogen) atoms. The molecule has 5 rings (SSSR count). The number of benzene rings is 2. The van der Waals surface area contributed by atoms with Gasteiger partial charge in [0.05, 0.1) is 35.2 Å². The van der Waals surface area contributed by atoms with Crippen molar-refractivity contribution in [3.63, 3.8) is 0 Å². The lowest BCUT2D eigenvalue weighted by atomic mass is 9.97. The van der Waals surface area contributed by atoms with Crippen LogP contribution in [0.5, 0.6) is 5.75 Å². The minimum atomic E-state index is 0.602. The van der Waals surface area contributed by atoms with Crippen molar-refractivity contribution >= 4 is 28.2 Å². The van der Waals surface area contributed by atoms with Gasteiger partial charge in [-0.2, -0.15) is 0 Å². The molecule has 4 aromatic rings. The predicted molar refractivity (Wildman–Crippen MR) is 113 cm³/mol. The Kier molecular flexibility index (Phi) is 3.95. The fourth-order valence-corrected chi connectivity index (χ4v) is 3.96. The molecule has 138 valence electrons. The number of nitrogens with zero attached hydrogens (tertiary/aromatic N) is 3. The number of methoxy groups -OCH3 is 1. The highest BCUT2D eigenvalue weighted by atomic mass is 35.5. The molecule has 2 aromatic carbocycles. The standard InChI is InChI=1S/C23H18ClN3O/c1-27-13-26-21-7-4-15(10-22(21)27)17-5-8-20-18(17)9-16(12-25-20)14-3-6-19(24)23(11-14)28-2/h3-7,9-13H,8H2,1-2H3. The summed E-state index contributed by atoms with van der Waals surface area (Å²) in [4.78, 5) is 9.13. The van der Waals surface area contributed by atoms with Crippen LogP contribution in [0, 0.1) is 0 Å². The van der Waals surface area contributed by atoms with Gasteiger partial charge in [0.15, 0.2) is 0 Å². The second-order valence-electron chi connectivity index (χ2n) is 6.95. The van der Waals surface area contributed by atoms with Gasteiger partial charge in [-0.1, -0.05) is 29.8 Å². The van der Waals surface area contributed by atoms with Crippen LogP contribution >= 0.6 is 11.6 Å². The maximum atomic E-state index is 6.18. The highest BCUT2D eigenvalue weighted by molar-refractivity contribution is 6.32. The molecule has 0 bridgehead atoms. The van der Waals surface area contributed by atoms with E-state index >= 15 is 0 Å². The van der Waals surface area contributed by atoms with Crippen LogP contribution in [0.4, 0.5) is 0 Å². The quantitative estimate of drug-likeness (QED) is 0.479. The normalized spacial score (nSPS) is 12.9. The zero-order chi connectivity index (χ0) is 19.3. The van der Waals surface area contributed by atoms with Crippen LogP contribution in [-0.2, 0) is 13.5 Å². The van der Waals surface area contributed by atoms with Gasteiger partial charge in [0, 0.05) is 30.8 Å². The summed E-state index contributed by atoms with van der Waals surface area (Å²) in [5, 5.41) is 0.602. The van der Waals surface area contributed by atoms with E-state index in [1.54, 1.807) is 7.11 Å². The third kappa shape index (κ3) is 2.69. The summed E-state index contributed by atoms with van der Waals surface area (Å²) in [6.45, 7) is 0. The Morgan fingerprint density at radius 2 is 1.86 bits per heavy atom. The average molecular weight is 388 g/mol. The first kappa shape index (κ1) is 17.0. The van der Waals surface area contributed by atoms with E-state index in [9.17, 15) is 0 Å². The van der Waals surface area contributed by atoms with Crippen LogP contribution in [0.25, 0.3) is 27.7 Å². The Labute approximate surface area is 168 Å². The molecular formula is C23H18ClN3O. The van der Waals surface area contributed by atoms with Gasteiger partial charge in [-0.25, -0.2) is 4.98 Å². The smallest absolute Gasteiger partial charge is 0.138 e. The fourth-order valence-electron chi connectivity index (χ4n) is 3.76. The number of aromatic nitrogens is 3. The van der Waals surface area contributed by atoms with E-state index in [0.29, 0.717) is 10.8 Å². The number of allylic oxidation sites excluding steroid dienone is 1. The van der Waals surface area contributed by atoms with E-state index < -0.39 is 0 Å². The zero-order valence-corrected chi connectivity index (χ0v) is 16.4. The van der Waals surface area contributed by atoms with Crippen molar-refractivity contribution < 1.29 is 4.74 Å². The van der Waals surface area contributed by atoms with Gasteiger partial charge < -0.3 is 9.30 Å². The van der Waals surface area contributed by atoms with Crippen LogP contribution in [-0.4, -0.2) is 21.6 Å². The first-order valence-electron chi connectivity index (χ1n) is 9.09. The molecule has 5 heteroatoms. The van der Waals surface area contributed by atoms with E-state index in [0.717, 1.165) is 34.3 Å². The minimum Gasteiger partial charge on any atom is -0.495 e. The van der Waals surface area contributed by atoms with Gasteiger partial charge >= 0.3 is 0 Å². The number of hydrogen-bond acceptors (Lipinski definition) is 3. The summed E-state index contributed by atoms with van der Waals surface area (Å²) in [5.41, 5.74) is 8.88. The molecule has 0 aliphatic heterocycles. The Morgan fingerprint density at radius 3 is 2.71 bits per heavy atom. The minimum absolute atomic E-state index is 0.602. The zero-order valence-electron chi connectivity index (χ0n) is 15.6. The third-order valence-electron chi connectivity index (χ3n) is 5.28. The van der Waals surface area contributed by atoms with Crippen molar-refractivity contribution in [3.8, 4) is 16.9 Å². The number of hydrogen-bond donors (Lipinski definition) is 0. The number of imidazole rings is 1. The molecule has 0 amide bonds. The summed E-state index contributed by atoms with van der Waals surface area (Å²) in [7, 11) is 3.64. The number of ether oxygens (including phenoxy) is 1. The van der Waals surface area contributed by atoms with E-state index in [2.05, 4.69) is 35.3 Å². The van der Waals surface area contributed by atoms with E-state index in [1.807, 2.05) is 42.3 Å². The highest BCUT2D eigenvalue weighted by Crippen LogP contribution is 2.36. The van der Waals surface area contributed by atoms with Gasteiger partial charge in [-0.15, -0.1) is 0 Å². The molecule has 0 unspecified atom stereocenters. The molecule has 2 heterocycles. The maximum absolute atomic E-state index is 6.18. The molecule has 1 aliphatic rings. The molecular weight excluding hydrogens is 370 g/mol. The Bertz CT molecular complexity index is 1260. The number of halogens is 1. The van der Waals surface area contributed by atoms with Crippen LogP contribution in [0.3, 0.4) is 0 Å². The summed E-state index contributed by atoms with van der Waals surface area (Å²) in [5.74, 6) is 0.664. The summed E-state index contributed by atoms with van der Waals surface area (Å²) >= 11 is 6.18. The first-order chi connectivity index (χ1) is 13.6. The lowest BCUT2D eigenvalue weighted by Crippen LogP contribution is -1.94. The van der Waals surface area contributed by atoms with Crippen molar-refractivity contribution in [1.29, 1.82) is 0 Å². The molecule has 0 radical (unpaired) electrons. The molecule has 0 atom stereocenters. The average Bonchev–Trinajstić information content (AvgIpc) is 3.31. The van der Waals surface area contributed by atoms with Gasteiger partial charge in [-0.3, -0.25) is 4.98 Å². The Morgan fingerprint density at radius 1 is 1.00 bits per heavy atom. The van der Waals surface area contributed by atoms with Crippen molar-refractivity contribution in [2.45, 2.75) is 6.42 Å². The van der Waals surface area contributed by atoms with Gasteiger partial charge in [0.2, 0.25) is 0 Å². The van der Waals surface area contributed by atoms with E-state index in [1.165, 1.54) is 16.7 Å². The molecule has 4 nitrogen and oxygen atoms in total. The molecule has 1 aliphatic carbocycles. The summed E-state index contributed by atoms with van der Waals surface area (Å²) < 4.78 is 7.41. The Balaban J connectivity index is 1.59. The molecule has 0 saturated heterocycles. The second kappa shape index (κ2) is 6.50. The molecule has 0 N–H and O–H groups in total. The topological polar surface area (TPSA) is 39.9 Å². The number of pyridine rings is 1. The van der Waals surface area contributed by atoms with Crippen LogP contribution in [0.15, 0.2) is 61.1 Å². The van der Waals surface area contributed by atoms with Crippen molar-refractivity contribution in [2.75, 3.05) is 7.11 Å². The van der Waals surface area contributed by atoms with Crippen molar-refractivity contribution in [1.82, 2.24) is 14.5 Å². The SMILES string of the molecule is COc1cc(-c2cnc3c(c2)C(c2ccc4ncn(C)c4c2)=CC3)ccc1Cl. The number of rotatable bonds is 3. The van der Waals surface area contributed by atoms with Crippen molar-refractivity contribution in [2.24, 2.45) is 7.05 Å².